The molecule has 0 unspecified atom stereocenters. The molecule has 0 amide bonds. The van der Waals surface area contributed by atoms with Crippen LogP contribution in [-0.4, -0.2) is 24.8 Å². The zero-order valence-electron chi connectivity index (χ0n) is 10.3. The molecule has 3 aromatic rings. The molecule has 18 heavy (non-hydrogen) atoms. The molecule has 0 saturated carbocycles. The zero-order chi connectivity index (χ0) is 12.5. The van der Waals surface area contributed by atoms with Gasteiger partial charge in [0.15, 0.2) is 5.82 Å². The van der Waals surface area contributed by atoms with E-state index in [1.807, 2.05) is 11.4 Å². The zero-order valence-corrected chi connectivity index (χ0v) is 11.9. The van der Waals surface area contributed by atoms with Crippen molar-refractivity contribution in [1.29, 1.82) is 0 Å². The molecule has 3 aromatic heterocycles. The summed E-state index contributed by atoms with van der Waals surface area (Å²) in [6, 6.07) is 0. The van der Waals surface area contributed by atoms with Gasteiger partial charge in [-0.25, -0.2) is 4.98 Å². The van der Waals surface area contributed by atoms with E-state index in [1.165, 1.54) is 0 Å². The van der Waals surface area contributed by atoms with Crippen molar-refractivity contribution in [1.82, 2.24) is 24.8 Å². The van der Waals surface area contributed by atoms with Crippen LogP contribution in [0.25, 0.3) is 4.96 Å². The SMILES string of the molecule is CCCc1nnc2sc(Cc3csc(C)n3)nn12. The number of nitrogens with zero attached hydrogens (tertiary/aromatic N) is 5. The van der Waals surface area contributed by atoms with Crippen LogP contribution in [0.2, 0.25) is 0 Å². The van der Waals surface area contributed by atoms with Crippen LogP contribution in [0, 0.1) is 6.92 Å². The second-order valence-corrected chi connectivity index (χ2v) is 6.19. The number of fused-ring (bicyclic) bond motifs is 1. The van der Waals surface area contributed by atoms with E-state index < -0.39 is 0 Å². The third-order valence-corrected chi connectivity index (χ3v) is 4.29. The number of rotatable bonds is 4. The van der Waals surface area contributed by atoms with E-state index in [0.29, 0.717) is 0 Å². The normalized spacial score (nSPS) is 11.4. The molecule has 0 radical (unpaired) electrons. The summed E-state index contributed by atoms with van der Waals surface area (Å²) in [7, 11) is 0. The van der Waals surface area contributed by atoms with Gasteiger partial charge in [0.25, 0.3) is 0 Å². The van der Waals surface area contributed by atoms with Crippen molar-refractivity contribution in [2.24, 2.45) is 0 Å². The Labute approximate surface area is 113 Å². The largest absolute Gasteiger partial charge is 0.246 e. The lowest BCUT2D eigenvalue weighted by atomic mass is 10.3. The third-order valence-electron chi connectivity index (χ3n) is 2.57. The fourth-order valence-corrected chi connectivity index (χ4v) is 3.27. The van der Waals surface area contributed by atoms with Gasteiger partial charge >= 0.3 is 0 Å². The smallest absolute Gasteiger partial charge is 0.234 e. The third kappa shape index (κ3) is 2.15. The highest BCUT2D eigenvalue weighted by molar-refractivity contribution is 7.16. The summed E-state index contributed by atoms with van der Waals surface area (Å²) in [5.74, 6) is 0.949. The molecule has 0 aliphatic heterocycles. The Kier molecular flexibility index (Phi) is 3.09. The Balaban J connectivity index is 1.89. The fourth-order valence-electron chi connectivity index (χ4n) is 1.79. The van der Waals surface area contributed by atoms with Crippen LogP contribution >= 0.6 is 22.7 Å². The van der Waals surface area contributed by atoms with Crippen LogP contribution in [0.1, 0.15) is 34.9 Å². The highest BCUT2D eigenvalue weighted by Crippen LogP contribution is 2.19. The minimum Gasteiger partial charge on any atom is -0.246 e. The van der Waals surface area contributed by atoms with Crippen LogP contribution in [0.15, 0.2) is 5.38 Å². The van der Waals surface area contributed by atoms with Crippen LogP contribution in [0.3, 0.4) is 0 Å². The number of aryl methyl sites for hydroxylation is 2. The molecule has 0 aliphatic carbocycles. The van der Waals surface area contributed by atoms with Crippen molar-refractivity contribution in [3.8, 4) is 0 Å². The van der Waals surface area contributed by atoms with E-state index in [1.54, 1.807) is 22.7 Å². The molecule has 0 saturated heterocycles. The molecule has 7 heteroatoms. The maximum Gasteiger partial charge on any atom is 0.234 e. The van der Waals surface area contributed by atoms with Gasteiger partial charge in [-0.2, -0.15) is 9.61 Å². The van der Waals surface area contributed by atoms with Crippen molar-refractivity contribution in [2.75, 3.05) is 0 Å². The molecular formula is C11H13N5S2. The van der Waals surface area contributed by atoms with Crippen LogP contribution in [-0.2, 0) is 12.8 Å². The first-order valence-corrected chi connectivity index (χ1v) is 7.57. The van der Waals surface area contributed by atoms with Gasteiger partial charge in [-0.05, 0) is 13.3 Å². The molecule has 0 bridgehead atoms. The minimum atomic E-state index is 0.782. The van der Waals surface area contributed by atoms with Crippen molar-refractivity contribution in [3.63, 3.8) is 0 Å². The van der Waals surface area contributed by atoms with E-state index in [0.717, 1.165) is 45.8 Å². The Morgan fingerprint density at radius 2 is 2.22 bits per heavy atom. The highest BCUT2D eigenvalue weighted by atomic mass is 32.1. The van der Waals surface area contributed by atoms with Gasteiger partial charge in [0.1, 0.15) is 5.01 Å². The lowest BCUT2D eigenvalue weighted by molar-refractivity contribution is 0.766. The molecule has 0 fully saturated rings. The van der Waals surface area contributed by atoms with Gasteiger partial charge in [0, 0.05) is 18.2 Å². The quantitative estimate of drug-likeness (QED) is 0.736. The van der Waals surface area contributed by atoms with Crippen molar-refractivity contribution in [3.05, 3.63) is 26.9 Å². The van der Waals surface area contributed by atoms with Crippen molar-refractivity contribution >= 4 is 27.6 Å². The van der Waals surface area contributed by atoms with Gasteiger partial charge in [0.05, 0.1) is 10.7 Å². The molecule has 0 N–H and O–H groups in total. The Morgan fingerprint density at radius 3 is 2.94 bits per heavy atom. The first kappa shape index (κ1) is 11.7. The average molecular weight is 279 g/mol. The summed E-state index contributed by atoms with van der Waals surface area (Å²) in [6.07, 6.45) is 2.75. The first-order valence-electron chi connectivity index (χ1n) is 5.87. The summed E-state index contributed by atoms with van der Waals surface area (Å²) in [5, 5.41) is 17.1. The fraction of sp³-hybridized carbons (Fsp3) is 0.455. The average Bonchev–Trinajstić information content (AvgIpc) is 2.99. The maximum atomic E-state index is 4.57. The van der Waals surface area contributed by atoms with E-state index in [9.17, 15) is 0 Å². The molecule has 0 spiro atoms. The van der Waals surface area contributed by atoms with Gasteiger partial charge < -0.3 is 0 Å². The second-order valence-electron chi connectivity index (χ2n) is 4.09. The molecule has 0 atom stereocenters. The topological polar surface area (TPSA) is 56.0 Å². The summed E-state index contributed by atoms with van der Waals surface area (Å²) in [4.78, 5) is 5.33. The minimum absolute atomic E-state index is 0.782. The molecular weight excluding hydrogens is 266 g/mol. The van der Waals surface area contributed by atoms with E-state index >= 15 is 0 Å². The van der Waals surface area contributed by atoms with Crippen LogP contribution in [0.4, 0.5) is 0 Å². The predicted molar refractivity (Wildman–Crippen MR) is 72.3 cm³/mol. The van der Waals surface area contributed by atoms with Gasteiger partial charge in [-0.3, -0.25) is 0 Å². The van der Waals surface area contributed by atoms with Gasteiger partial charge in [-0.1, -0.05) is 18.3 Å². The second kappa shape index (κ2) is 4.74. The standard InChI is InChI=1S/C11H13N5S2/c1-3-4-9-13-14-11-16(9)15-10(18-11)5-8-6-17-7(2)12-8/h6H,3-5H2,1-2H3. The lowest BCUT2D eigenvalue weighted by Gasteiger charge is -1.92. The molecule has 0 aromatic carbocycles. The van der Waals surface area contributed by atoms with Crippen LogP contribution < -0.4 is 0 Å². The van der Waals surface area contributed by atoms with E-state index in [2.05, 4.69) is 32.6 Å². The first-order chi connectivity index (χ1) is 8.76. The molecule has 3 heterocycles. The molecule has 3 rings (SSSR count). The van der Waals surface area contributed by atoms with Crippen molar-refractivity contribution in [2.45, 2.75) is 33.1 Å². The summed E-state index contributed by atoms with van der Waals surface area (Å²) in [6.45, 7) is 4.15. The Hall–Kier alpha value is -1.34. The summed E-state index contributed by atoms with van der Waals surface area (Å²) in [5.41, 5.74) is 1.08. The highest BCUT2D eigenvalue weighted by Gasteiger charge is 2.12. The molecule has 0 aliphatic rings. The summed E-state index contributed by atoms with van der Waals surface area (Å²) < 4.78 is 1.86. The summed E-state index contributed by atoms with van der Waals surface area (Å²) >= 11 is 3.27. The number of thiazole rings is 1. The van der Waals surface area contributed by atoms with Crippen LogP contribution in [0.5, 0.6) is 0 Å². The van der Waals surface area contributed by atoms with E-state index in [4.69, 9.17) is 0 Å². The monoisotopic (exact) mass is 279 g/mol. The number of aromatic nitrogens is 5. The Bertz CT molecular complexity index is 666. The number of hydrogen-bond acceptors (Lipinski definition) is 6. The predicted octanol–water partition coefficient (Wildman–Crippen LogP) is 2.49. The number of hydrogen-bond donors (Lipinski definition) is 0. The van der Waals surface area contributed by atoms with E-state index in [-0.39, 0.29) is 0 Å². The maximum absolute atomic E-state index is 4.57. The Morgan fingerprint density at radius 1 is 1.33 bits per heavy atom. The van der Waals surface area contributed by atoms with Gasteiger partial charge in [-0.15, -0.1) is 21.5 Å². The molecule has 5 nitrogen and oxygen atoms in total. The molecule has 94 valence electrons. The van der Waals surface area contributed by atoms with Gasteiger partial charge in [0.2, 0.25) is 4.96 Å². The lowest BCUT2D eigenvalue weighted by Crippen LogP contribution is -1.97. The van der Waals surface area contributed by atoms with Crippen molar-refractivity contribution < 1.29 is 0 Å².